The molecule has 17 heavy (non-hydrogen) atoms. The molecule has 6 heteroatoms. The third kappa shape index (κ3) is 2.72. The number of nitrogens with one attached hydrogen (secondary N) is 2. The van der Waals surface area contributed by atoms with Gasteiger partial charge < -0.3 is 15.5 Å². The van der Waals surface area contributed by atoms with Crippen LogP contribution in [0.3, 0.4) is 0 Å². The maximum absolute atomic E-state index is 4.54. The molecule has 2 rings (SSSR count). The lowest BCUT2D eigenvalue weighted by atomic mass is 10.2. The molecule has 0 spiro atoms. The number of anilines is 3. The topological polar surface area (TPSA) is 53.1 Å². The number of rotatable bonds is 4. The summed E-state index contributed by atoms with van der Waals surface area (Å²) in [5.41, 5.74) is 1.23. The minimum Gasteiger partial charge on any atom is -0.373 e. The molecule has 1 aromatic heterocycles. The molecule has 0 unspecified atom stereocenters. The summed E-state index contributed by atoms with van der Waals surface area (Å²) in [4.78, 5) is 11.2. The summed E-state index contributed by atoms with van der Waals surface area (Å²) in [6.07, 6.45) is 2.10. The van der Waals surface area contributed by atoms with E-state index in [1.807, 2.05) is 7.05 Å². The van der Waals surface area contributed by atoms with Crippen molar-refractivity contribution >= 4 is 30.0 Å². The van der Waals surface area contributed by atoms with E-state index in [0.717, 1.165) is 43.5 Å². The first kappa shape index (κ1) is 13.8. The highest BCUT2D eigenvalue weighted by molar-refractivity contribution is 5.85. The van der Waals surface area contributed by atoms with Crippen molar-refractivity contribution in [2.75, 3.05) is 42.7 Å². The summed E-state index contributed by atoms with van der Waals surface area (Å²) in [5, 5.41) is 6.38. The van der Waals surface area contributed by atoms with E-state index in [1.165, 1.54) is 5.56 Å². The molecule has 0 aliphatic carbocycles. The molecule has 1 aliphatic heterocycles. The molecular formula is C11H20ClN5. The number of halogens is 1. The van der Waals surface area contributed by atoms with Crippen molar-refractivity contribution in [1.29, 1.82) is 0 Å². The van der Waals surface area contributed by atoms with E-state index >= 15 is 0 Å². The number of hydrogen-bond acceptors (Lipinski definition) is 5. The van der Waals surface area contributed by atoms with Gasteiger partial charge in [-0.1, -0.05) is 6.92 Å². The van der Waals surface area contributed by atoms with Crippen molar-refractivity contribution in [3.8, 4) is 0 Å². The quantitative estimate of drug-likeness (QED) is 0.861. The summed E-state index contributed by atoms with van der Waals surface area (Å²) in [6.45, 7) is 4.06. The Kier molecular flexibility index (Phi) is 4.81. The van der Waals surface area contributed by atoms with Crippen LogP contribution in [0.5, 0.6) is 0 Å². The lowest BCUT2D eigenvalue weighted by molar-refractivity contribution is 0.936. The molecule has 1 aromatic rings. The van der Waals surface area contributed by atoms with Gasteiger partial charge in [-0.3, -0.25) is 0 Å². The Morgan fingerprint density at radius 1 is 1.35 bits per heavy atom. The molecule has 0 bridgehead atoms. The van der Waals surface area contributed by atoms with Crippen LogP contribution in [0.15, 0.2) is 0 Å². The predicted octanol–water partition coefficient (Wildman–Crippen LogP) is 1.75. The van der Waals surface area contributed by atoms with Gasteiger partial charge in [0.2, 0.25) is 5.95 Å². The summed E-state index contributed by atoms with van der Waals surface area (Å²) in [6, 6.07) is 0. The van der Waals surface area contributed by atoms with Gasteiger partial charge >= 0.3 is 0 Å². The van der Waals surface area contributed by atoms with Crippen molar-refractivity contribution in [3.63, 3.8) is 0 Å². The molecule has 0 atom stereocenters. The number of likely N-dealkylation sites (N-methyl/N-ethyl adjacent to an activating group) is 1. The third-order valence-corrected chi connectivity index (χ3v) is 2.81. The fourth-order valence-corrected chi connectivity index (χ4v) is 1.93. The van der Waals surface area contributed by atoms with Crippen molar-refractivity contribution in [2.45, 2.75) is 19.8 Å². The van der Waals surface area contributed by atoms with Crippen LogP contribution >= 0.6 is 12.4 Å². The lowest BCUT2D eigenvalue weighted by Crippen LogP contribution is -2.15. The highest BCUT2D eigenvalue weighted by atomic mass is 35.5. The normalized spacial score (nSPS) is 13.0. The van der Waals surface area contributed by atoms with Gasteiger partial charge in [-0.25, -0.2) is 0 Å². The van der Waals surface area contributed by atoms with Crippen molar-refractivity contribution in [2.24, 2.45) is 0 Å². The summed E-state index contributed by atoms with van der Waals surface area (Å²) in [5.74, 6) is 2.73. The fraction of sp³-hybridized carbons (Fsp3) is 0.636. The van der Waals surface area contributed by atoms with Crippen LogP contribution < -0.4 is 15.5 Å². The van der Waals surface area contributed by atoms with E-state index in [1.54, 1.807) is 0 Å². The van der Waals surface area contributed by atoms with Gasteiger partial charge in [-0.2, -0.15) is 9.97 Å². The van der Waals surface area contributed by atoms with E-state index < -0.39 is 0 Å². The van der Waals surface area contributed by atoms with E-state index in [9.17, 15) is 0 Å². The first-order valence-corrected chi connectivity index (χ1v) is 5.80. The number of hydrogen-bond donors (Lipinski definition) is 2. The van der Waals surface area contributed by atoms with Gasteiger partial charge in [0.05, 0.1) is 0 Å². The third-order valence-electron chi connectivity index (χ3n) is 2.81. The van der Waals surface area contributed by atoms with E-state index in [0.29, 0.717) is 0 Å². The molecule has 0 saturated heterocycles. The highest BCUT2D eigenvalue weighted by Gasteiger charge is 2.22. The molecule has 5 nitrogen and oxygen atoms in total. The Hall–Kier alpha value is -1.23. The Morgan fingerprint density at radius 2 is 2.12 bits per heavy atom. The van der Waals surface area contributed by atoms with Gasteiger partial charge in [-0.05, 0) is 12.8 Å². The first-order valence-electron chi connectivity index (χ1n) is 5.80. The zero-order chi connectivity index (χ0) is 11.5. The molecule has 1 aliphatic rings. The Morgan fingerprint density at radius 3 is 2.76 bits per heavy atom. The summed E-state index contributed by atoms with van der Waals surface area (Å²) in [7, 11) is 3.98. The minimum atomic E-state index is 0. The van der Waals surface area contributed by atoms with Crippen LogP contribution in [-0.2, 0) is 6.42 Å². The predicted molar refractivity (Wildman–Crippen MR) is 74.6 cm³/mol. The summed E-state index contributed by atoms with van der Waals surface area (Å²) < 4.78 is 0. The second-order valence-corrected chi connectivity index (χ2v) is 4.05. The molecule has 2 heterocycles. The molecule has 0 radical (unpaired) electrons. The van der Waals surface area contributed by atoms with Gasteiger partial charge in [0.1, 0.15) is 11.6 Å². The molecule has 0 saturated carbocycles. The number of fused-ring (bicyclic) bond motifs is 1. The van der Waals surface area contributed by atoms with Crippen LogP contribution in [0, 0.1) is 0 Å². The Labute approximate surface area is 108 Å². The highest BCUT2D eigenvalue weighted by Crippen LogP contribution is 2.30. The lowest BCUT2D eigenvalue weighted by Gasteiger charge is -2.14. The van der Waals surface area contributed by atoms with Gasteiger partial charge in [-0.15, -0.1) is 12.4 Å². The SMILES string of the molecule is CCCNc1nc(NC)c2c(n1)N(C)CC2.Cl. The average molecular weight is 258 g/mol. The molecule has 0 fully saturated rings. The Balaban J connectivity index is 0.00000144. The largest absolute Gasteiger partial charge is 0.373 e. The van der Waals surface area contributed by atoms with Crippen LogP contribution in [0.2, 0.25) is 0 Å². The smallest absolute Gasteiger partial charge is 0.226 e. The van der Waals surface area contributed by atoms with Crippen LogP contribution in [-0.4, -0.2) is 37.2 Å². The average Bonchev–Trinajstić information content (AvgIpc) is 2.68. The van der Waals surface area contributed by atoms with Gasteiger partial charge in [0.15, 0.2) is 0 Å². The van der Waals surface area contributed by atoms with Gasteiger partial charge in [0.25, 0.3) is 0 Å². The molecule has 0 aromatic carbocycles. The van der Waals surface area contributed by atoms with E-state index in [-0.39, 0.29) is 12.4 Å². The molecular weight excluding hydrogens is 238 g/mol. The first-order chi connectivity index (χ1) is 7.76. The Bertz CT molecular complexity index is 382. The number of aromatic nitrogens is 2. The zero-order valence-corrected chi connectivity index (χ0v) is 11.4. The summed E-state index contributed by atoms with van der Waals surface area (Å²) >= 11 is 0. The molecule has 96 valence electrons. The van der Waals surface area contributed by atoms with E-state index in [2.05, 4.69) is 39.5 Å². The number of nitrogens with zero attached hydrogens (tertiary/aromatic N) is 3. The standard InChI is InChI=1S/C11H19N5.ClH/c1-4-6-13-11-14-9(12-2)8-5-7-16(3)10(8)15-11;/h4-7H2,1-3H3,(H2,12,13,14,15);1H. The monoisotopic (exact) mass is 257 g/mol. The second kappa shape index (κ2) is 5.91. The fourth-order valence-electron chi connectivity index (χ4n) is 1.93. The van der Waals surface area contributed by atoms with Crippen LogP contribution in [0.4, 0.5) is 17.6 Å². The van der Waals surface area contributed by atoms with Crippen molar-refractivity contribution in [3.05, 3.63) is 5.56 Å². The van der Waals surface area contributed by atoms with Crippen molar-refractivity contribution < 1.29 is 0 Å². The molecule has 0 amide bonds. The van der Waals surface area contributed by atoms with E-state index in [4.69, 9.17) is 0 Å². The minimum absolute atomic E-state index is 0. The van der Waals surface area contributed by atoms with Gasteiger partial charge in [0, 0.05) is 32.7 Å². The van der Waals surface area contributed by atoms with Crippen LogP contribution in [0.1, 0.15) is 18.9 Å². The maximum Gasteiger partial charge on any atom is 0.226 e. The van der Waals surface area contributed by atoms with Crippen LogP contribution in [0.25, 0.3) is 0 Å². The molecule has 2 N–H and O–H groups in total. The second-order valence-electron chi connectivity index (χ2n) is 4.05. The zero-order valence-electron chi connectivity index (χ0n) is 10.6. The maximum atomic E-state index is 4.54. The van der Waals surface area contributed by atoms with Crippen molar-refractivity contribution in [1.82, 2.24) is 9.97 Å².